The van der Waals surface area contributed by atoms with E-state index >= 15 is 0 Å². The third-order valence-electron chi connectivity index (χ3n) is 2.69. The first-order chi connectivity index (χ1) is 6.74. The molecule has 1 heterocycles. The van der Waals surface area contributed by atoms with Gasteiger partial charge in [-0.2, -0.15) is 0 Å². The van der Waals surface area contributed by atoms with Crippen molar-refractivity contribution in [3.05, 3.63) is 29.8 Å². The number of hydrogen-bond donors (Lipinski definition) is 1. The Kier molecular flexibility index (Phi) is 2.42. The zero-order valence-corrected chi connectivity index (χ0v) is 8.22. The van der Waals surface area contributed by atoms with Gasteiger partial charge >= 0.3 is 0 Å². The molecule has 0 radical (unpaired) electrons. The van der Waals surface area contributed by atoms with E-state index in [2.05, 4.69) is 5.32 Å². The van der Waals surface area contributed by atoms with Gasteiger partial charge in [0.15, 0.2) is 0 Å². The van der Waals surface area contributed by atoms with Crippen LogP contribution in [-0.2, 0) is 5.67 Å². The predicted octanol–water partition coefficient (Wildman–Crippen LogP) is 1.85. The molecule has 0 amide bonds. The standard InChI is InChI=1S/C11H14FNO/c1-14-10-4-2-3-9(7-10)11(12)5-6-13-8-11/h2-4,7,13H,5-6,8H2,1H3. The Morgan fingerprint density at radius 2 is 2.36 bits per heavy atom. The minimum Gasteiger partial charge on any atom is -0.497 e. The molecule has 1 aromatic rings. The van der Waals surface area contributed by atoms with Crippen LogP contribution in [0.15, 0.2) is 24.3 Å². The average molecular weight is 195 g/mol. The Balaban J connectivity index is 2.30. The van der Waals surface area contributed by atoms with E-state index in [-0.39, 0.29) is 0 Å². The third kappa shape index (κ3) is 1.60. The summed E-state index contributed by atoms with van der Waals surface area (Å²) >= 11 is 0. The molecule has 3 heteroatoms. The minimum absolute atomic E-state index is 0.403. The van der Waals surface area contributed by atoms with E-state index in [1.165, 1.54) is 0 Å². The van der Waals surface area contributed by atoms with Crippen LogP contribution in [0.1, 0.15) is 12.0 Å². The van der Waals surface area contributed by atoms with Gasteiger partial charge in [0, 0.05) is 6.54 Å². The Bertz CT molecular complexity index is 321. The molecule has 1 aliphatic rings. The molecule has 1 N–H and O–H groups in total. The topological polar surface area (TPSA) is 21.3 Å². The normalized spacial score (nSPS) is 26.4. The van der Waals surface area contributed by atoms with Crippen molar-refractivity contribution in [3.63, 3.8) is 0 Å². The van der Waals surface area contributed by atoms with Crippen molar-refractivity contribution < 1.29 is 9.13 Å². The SMILES string of the molecule is COc1cccc(C2(F)CCNC2)c1. The largest absolute Gasteiger partial charge is 0.497 e. The maximum absolute atomic E-state index is 14.2. The zero-order valence-electron chi connectivity index (χ0n) is 8.22. The second-order valence-electron chi connectivity index (χ2n) is 3.62. The fraction of sp³-hybridized carbons (Fsp3) is 0.455. The van der Waals surface area contributed by atoms with Crippen LogP contribution in [0.5, 0.6) is 5.75 Å². The molecule has 1 unspecified atom stereocenters. The molecule has 1 saturated heterocycles. The Morgan fingerprint density at radius 1 is 1.50 bits per heavy atom. The Morgan fingerprint density at radius 3 is 3.00 bits per heavy atom. The number of nitrogens with one attached hydrogen (secondary N) is 1. The molecule has 0 bridgehead atoms. The van der Waals surface area contributed by atoms with E-state index in [1.54, 1.807) is 13.2 Å². The second kappa shape index (κ2) is 3.58. The second-order valence-corrected chi connectivity index (χ2v) is 3.62. The van der Waals surface area contributed by atoms with Gasteiger partial charge in [-0.25, -0.2) is 4.39 Å². The molecule has 1 fully saturated rings. The summed E-state index contributed by atoms with van der Waals surface area (Å²) in [6, 6.07) is 7.24. The van der Waals surface area contributed by atoms with Crippen molar-refractivity contribution in [1.29, 1.82) is 0 Å². The van der Waals surface area contributed by atoms with Crippen molar-refractivity contribution in [2.24, 2.45) is 0 Å². The van der Waals surface area contributed by atoms with Gasteiger partial charge in [-0.3, -0.25) is 0 Å². The maximum atomic E-state index is 14.2. The molecule has 1 atom stereocenters. The highest BCUT2D eigenvalue weighted by atomic mass is 19.1. The van der Waals surface area contributed by atoms with Gasteiger partial charge in [-0.05, 0) is 30.7 Å². The van der Waals surface area contributed by atoms with Crippen LogP contribution in [0.3, 0.4) is 0 Å². The molecule has 14 heavy (non-hydrogen) atoms. The highest BCUT2D eigenvalue weighted by Crippen LogP contribution is 2.33. The van der Waals surface area contributed by atoms with Crippen LogP contribution < -0.4 is 10.1 Å². The van der Waals surface area contributed by atoms with Gasteiger partial charge in [-0.15, -0.1) is 0 Å². The van der Waals surface area contributed by atoms with Crippen molar-refractivity contribution in [2.75, 3.05) is 20.2 Å². The maximum Gasteiger partial charge on any atom is 0.149 e. The summed E-state index contributed by atoms with van der Waals surface area (Å²) in [5.41, 5.74) is -0.504. The van der Waals surface area contributed by atoms with E-state index in [0.29, 0.717) is 24.3 Å². The molecular formula is C11H14FNO. The first-order valence-corrected chi connectivity index (χ1v) is 4.79. The number of rotatable bonds is 2. The molecule has 76 valence electrons. The molecule has 0 aromatic heterocycles. The number of ether oxygens (including phenoxy) is 1. The summed E-state index contributed by atoms with van der Waals surface area (Å²) in [6.07, 6.45) is 0.542. The summed E-state index contributed by atoms with van der Waals surface area (Å²) < 4.78 is 19.3. The molecule has 2 nitrogen and oxygen atoms in total. The number of hydrogen-bond acceptors (Lipinski definition) is 2. The van der Waals surface area contributed by atoms with Crippen molar-refractivity contribution in [3.8, 4) is 5.75 Å². The minimum atomic E-state index is -1.21. The van der Waals surface area contributed by atoms with Gasteiger partial charge < -0.3 is 10.1 Å². The fourth-order valence-electron chi connectivity index (χ4n) is 1.81. The van der Waals surface area contributed by atoms with Gasteiger partial charge in [-0.1, -0.05) is 12.1 Å². The Labute approximate surface area is 83.1 Å². The monoisotopic (exact) mass is 195 g/mol. The lowest BCUT2D eigenvalue weighted by atomic mass is 9.95. The molecule has 1 aromatic carbocycles. The van der Waals surface area contributed by atoms with Gasteiger partial charge in [0.1, 0.15) is 11.4 Å². The fourth-order valence-corrected chi connectivity index (χ4v) is 1.81. The summed E-state index contributed by atoms with van der Waals surface area (Å²) in [7, 11) is 1.59. The first-order valence-electron chi connectivity index (χ1n) is 4.79. The average Bonchev–Trinajstić information content (AvgIpc) is 2.67. The molecule has 0 saturated carbocycles. The van der Waals surface area contributed by atoms with E-state index < -0.39 is 5.67 Å². The van der Waals surface area contributed by atoms with Crippen LogP contribution in [0.4, 0.5) is 4.39 Å². The van der Waals surface area contributed by atoms with Gasteiger partial charge in [0.25, 0.3) is 0 Å². The lowest BCUT2D eigenvalue weighted by molar-refractivity contribution is 0.193. The number of methoxy groups -OCH3 is 1. The van der Waals surface area contributed by atoms with Crippen LogP contribution in [0, 0.1) is 0 Å². The summed E-state index contributed by atoms with van der Waals surface area (Å²) in [4.78, 5) is 0. The lowest BCUT2D eigenvalue weighted by Gasteiger charge is -2.18. The highest BCUT2D eigenvalue weighted by molar-refractivity contribution is 5.33. The van der Waals surface area contributed by atoms with Crippen molar-refractivity contribution in [1.82, 2.24) is 5.32 Å². The van der Waals surface area contributed by atoms with E-state index in [9.17, 15) is 4.39 Å². The molecule has 2 rings (SSSR count). The molecule has 0 aliphatic carbocycles. The zero-order chi connectivity index (χ0) is 10.0. The summed E-state index contributed by atoms with van der Waals surface area (Å²) in [6.45, 7) is 1.15. The molecular weight excluding hydrogens is 181 g/mol. The van der Waals surface area contributed by atoms with Crippen LogP contribution in [0.2, 0.25) is 0 Å². The highest BCUT2D eigenvalue weighted by Gasteiger charge is 2.35. The van der Waals surface area contributed by atoms with Crippen molar-refractivity contribution >= 4 is 0 Å². The number of halogens is 1. The van der Waals surface area contributed by atoms with Crippen LogP contribution >= 0.6 is 0 Å². The lowest BCUT2D eigenvalue weighted by Crippen LogP contribution is -2.23. The first kappa shape index (κ1) is 9.46. The van der Waals surface area contributed by atoms with Gasteiger partial charge in [0.05, 0.1) is 7.11 Å². The molecule has 0 spiro atoms. The van der Waals surface area contributed by atoms with E-state index in [1.807, 2.05) is 18.2 Å². The quantitative estimate of drug-likeness (QED) is 0.777. The van der Waals surface area contributed by atoms with E-state index in [4.69, 9.17) is 4.74 Å². The summed E-state index contributed by atoms with van der Waals surface area (Å²) in [5, 5.41) is 3.03. The van der Waals surface area contributed by atoms with Gasteiger partial charge in [0.2, 0.25) is 0 Å². The molecule has 1 aliphatic heterocycles. The van der Waals surface area contributed by atoms with E-state index in [0.717, 1.165) is 6.54 Å². The Hall–Kier alpha value is -1.09. The van der Waals surface area contributed by atoms with Crippen LogP contribution in [0.25, 0.3) is 0 Å². The number of alkyl halides is 1. The third-order valence-corrected chi connectivity index (χ3v) is 2.69. The summed E-state index contributed by atoms with van der Waals surface area (Å²) in [5.74, 6) is 0.714. The smallest absolute Gasteiger partial charge is 0.149 e. The number of benzene rings is 1. The van der Waals surface area contributed by atoms with Crippen LogP contribution in [-0.4, -0.2) is 20.2 Å². The predicted molar refractivity (Wildman–Crippen MR) is 53.3 cm³/mol. The van der Waals surface area contributed by atoms with Crippen molar-refractivity contribution in [2.45, 2.75) is 12.1 Å².